The minimum atomic E-state index is -1.70. The zero-order valence-corrected chi connectivity index (χ0v) is 23.5. The fraction of sp³-hybridized carbons (Fsp3) is 0.433. The largest absolute Gasteiger partial charge is 0.507 e. The molecule has 1 aromatic heterocycles. The molecule has 0 saturated carbocycles. The van der Waals surface area contributed by atoms with E-state index in [9.17, 15) is 35.4 Å². The molecule has 0 aliphatic carbocycles. The van der Waals surface area contributed by atoms with E-state index in [1.807, 2.05) is 33.8 Å². The fourth-order valence-electron chi connectivity index (χ4n) is 4.84. The predicted molar refractivity (Wildman–Crippen MR) is 151 cm³/mol. The van der Waals surface area contributed by atoms with Gasteiger partial charge in [0.1, 0.15) is 52.5 Å². The number of aromatic hydroxyl groups is 2. The molecule has 1 saturated heterocycles. The van der Waals surface area contributed by atoms with Gasteiger partial charge < -0.3 is 49.3 Å². The van der Waals surface area contributed by atoms with Gasteiger partial charge >= 0.3 is 0 Å². The minimum Gasteiger partial charge on any atom is -0.507 e. The van der Waals surface area contributed by atoms with Crippen molar-refractivity contribution >= 4 is 21.9 Å². The van der Waals surface area contributed by atoms with Gasteiger partial charge in [-0.25, -0.2) is 0 Å². The second-order valence-electron chi connectivity index (χ2n) is 10.6. The summed E-state index contributed by atoms with van der Waals surface area (Å²) in [7, 11) is 1.38. The fourth-order valence-corrected chi connectivity index (χ4v) is 4.84. The SMILES string of the molecule is COc1c(O)cc2oc3cc(O[C@@H]4O[C@H](CO)[C@@H](O)[C@H](O)[C@H]4O)c(CC=C(C)C)c(O)c3c(=O)c2c1CC=C(C)C. The number of aliphatic hydroxyl groups excluding tert-OH is 4. The first-order valence-electron chi connectivity index (χ1n) is 13.2. The van der Waals surface area contributed by atoms with Crippen LogP contribution >= 0.6 is 0 Å². The Balaban J connectivity index is 1.98. The molecule has 1 fully saturated rings. The average Bonchev–Trinajstić information content (AvgIpc) is 2.91. The van der Waals surface area contributed by atoms with Crippen LogP contribution in [0.4, 0.5) is 0 Å². The van der Waals surface area contributed by atoms with E-state index in [2.05, 4.69) is 0 Å². The number of phenols is 2. The maximum atomic E-state index is 14.0. The van der Waals surface area contributed by atoms with Crippen LogP contribution in [0.3, 0.4) is 0 Å². The van der Waals surface area contributed by atoms with Gasteiger partial charge in [-0.15, -0.1) is 0 Å². The number of hydrogen-bond acceptors (Lipinski definition) is 11. The first-order valence-corrected chi connectivity index (χ1v) is 13.2. The number of benzene rings is 2. The number of aliphatic hydroxyl groups is 4. The summed E-state index contributed by atoms with van der Waals surface area (Å²) in [6, 6.07) is 2.61. The summed E-state index contributed by atoms with van der Waals surface area (Å²) in [4.78, 5) is 14.0. The smallest absolute Gasteiger partial charge is 0.229 e. The van der Waals surface area contributed by atoms with Crippen molar-refractivity contribution in [3.05, 3.63) is 56.8 Å². The highest BCUT2D eigenvalue weighted by atomic mass is 16.7. The van der Waals surface area contributed by atoms with Crippen LogP contribution in [0, 0.1) is 0 Å². The van der Waals surface area contributed by atoms with Gasteiger partial charge in [-0.1, -0.05) is 23.3 Å². The third-order valence-corrected chi connectivity index (χ3v) is 7.05. The molecule has 1 aliphatic rings. The Bertz CT molecular complexity index is 1560. The molecule has 0 bridgehead atoms. The van der Waals surface area contributed by atoms with Crippen LogP contribution in [0.1, 0.15) is 38.8 Å². The lowest BCUT2D eigenvalue weighted by molar-refractivity contribution is -0.277. The first-order chi connectivity index (χ1) is 19.4. The van der Waals surface area contributed by atoms with Crippen molar-refractivity contribution in [1.29, 1.82) is 0 Å². The summed E-state index contributed by atoms with van der Waals surface area (Å²) >= 11 is 0. The molecule has 41 heavy (non-hydrogen) atoms. The van der Waals surface area contributed by atoms with Gasteiger partial charge in [-0.3, -0.25) is 4.79 Å². The van der Waals surface area contributed by atoms with E-state index in [-0.39, 0.29) is 57.6 Å². The van der Waals surface area contributed by atoms with Crippen molar-refractivity contribution in [2.24, 2.45) is 0 Å². The Morgan fingerprint density at radius 1 is 0.902 bits per heavy atom. The minimum absolute atomic E-state index is 0.0261. The van der Waals surface area contributed by atoms with Crippen molar-refractivity contribution in [2.45, 2.75) is 71.2 Å². The van der Waals surface area contributed by atoms with Gasteiger partial charge in [0.15, 0.2) is 11.5 Å². The molecular formula is C30H36O11. The highest BCUT2D eigenvalue weighted by Gasteiger charge is 2.45. The van der Waals surface area contributed by atoms with Crippen molar-refractivity contribution in [3.63, 3.8) is 0 Å². The van der Waals surface area contributed by atoms with Crippen LogP contribution in [-0.4, -0.2) is 75.1 Å². The molecule has 3 aromatic rings. The lowest BCUT2D eigenvalue weighted by atomic mass is 9.98. The summed E-state index contributed by atoms with van der Waals surface area (Å²) in [5.74, 6) is -0.562. The van der Waals surface area contributed by atoms with Gasteiger partial charge in [0.2, 0.25) is 11.7 Å². The van der Waals surface area contributed by atoms with E-state index < -0.39 is 48.5 Å². The zero-order chi connectivity index (χ0) is 30.2. The highest BCUT2D eigenvalue weighted by Crippen LogP contribution is 2.41. The van der Waals surface area contributed by atoms with Gasteiger partial charge in [-0.05, 0) is 40.5 Å². The molecule has 0 unspecified atom stereocenters. The Morgan fingerprint density at radius 2 is 1.51 bits per heavy atom. The molecule has 6 N–H and O–H groups in total. The molecule has 5 atom stereocenters. The third-order valence-electron chi connectivity index (χ3n) is 7.05. The molecule has 2 aromatic carbocycles. The third kappa shape index (κ3) is 5.77. The Labute approximate surface area is 236 Å². The van der Waals surface area contributed by atoms with E-state index in [4.69, 9.17) is 18.6 Å². The molecule has 4 rings (SSSR count). The van der Waals surface area contributed by atoms with Crippen molar-refractivity contribution in [3.8, 4) is 23.0 Å². The van der Waals surface area contributed by atoms with Gasteiger partial charge in [-0.2, -0.15) is 0 Å². The average molecular weight is 573 g/mol. The zero-order valence-electron chi connectivity index (χ0n) is 23.5. The van der Waals surface area contributed by atoms with Gasteiger partial charge in [0, 0.05) is 23.3 Å². The maximum absolute atomic E-state index is 14.0. The van der Waals surface area contributed by atoms with E-state index in [0.29, 0.717) is 5.56 Å². The van der Waals surface area contributed by atoms with E-state index in [0.717, 1.165) is 11.1 Å². The maximum Gasteiger partial charge on any atom is 0.229 e. The molecule has 0 amide bonds. The van der Waals surface area contributed by atoms with Crippen LogP contribution in [0.15, 0.2) is 44.6 Å². The molecule has 1 aliphatic heterocycles. The van der Waals surface area contributed by atoms with Crippen LogP contribution in [0.2, 0.25) is 0 Å². The topological polar surface area (TPSA) is 179 Å². The summed E-state index contributed by atoms with van der Waals surface area (Å²) in [6.07, 6.45) is -3.67. The van der Waals surface area contributed by atoms with E-state index in [1.165, 1.54) is 19.2 Å². The van der Waals surface area contributed by atoms with Crippen LogP contribution in [0.5, 0.6) is 23.0 Å². The lowest BCUT2D eigenvalue weighted by Gasteiger charge is -2.39. The molecule has 222 valence electrons. The van der Waals surface area contributed by atoms with Crippen molar-refractivity contribution < 1.29 is 49.3 Å². The van der Waals surface area contributed by atoms with E-state index in [1.54, 1.807) is 6.08 Å². The summed E-state index contributed by atoms with van der Waals surface area (Å²) in [5, 5.41) is 62.5. The van der Waals surface area contributed by atoms with Crippen molar-refractivity contribution in [1.82, 2.24) is 0 Å². The lowest BCUT2D eigenvalue weighted by Crippen LogP contribution is -2.60. The second kappa shape index (κ2) is 12.1. The molecule has 11 heteroatoms. The Hall–Kier alpha value is -3.61. The molecule has 0 radical (unpaired) electrons. The van der Waals surface area contributed by atoms with Crippen LogP contribution < -0.4 is 14.9 Å². The molecule has 11 nitrogen and oxygen atoms in total. The quantitative estimate of drug-likeness (QED) is 0.173. The van der Waals surface area contributed by atoms with Crippen molar-refractivity contribution in [2.75, 3.05) is 13.7 Å². The normalized spacial score (nSPS) is 22.5. The Kier molecular flexibility index (Phi) is 8.95. The van der Waals surface area contributed by atoms with Crippen LogP contribution in [-0.2, 0) is 17.6 Å². The number of methoxy groups -OCH3 is 1. The number of hydrogen-bond donors (Lipinski definition) is 6. The van der Waals surface area contributed by atoms with Crippen LogP contribution in [0.25, 0.3) is 21.9 Å². The van der Waals surface area contributed by atoms with Gasteiger partial charge in [0.25, 0.3) is 0 Å². The number of fused-ring (bicyclic) bond motifs is 2. The summed E-state index contributed by atoms with van der Waals surface area (Å²) in [5.41, 5.74) is 1.90. The molecule has 0 spiro atoms. The van der Waals surface area contributed by atoms with Gasteiger partial charge in [0.05, 0.1) is 19.1 Å². The number of ether oxygens (including phenoxy) is 3. The second-order valence-corrected chi connectivity index (χ2v) is 10.6. The standard InChI is InChI=1S/C30H36O11/c1-13(2)6-8-15-18(40-30-28(37)27(36)25(34)21(12-31)41-30)11-20-23(24(15)33)26(35)22-16(9-7-14(3)4)29(38-5)17(32)10-19(22)39-20/h6-7,10-11,21,25,27-28,30-34,36-37H,8-9,12H2,1-5H3/t21-,25-,27+,28-,30-/m1/s1. The number of allylic oxidation sites excluding steroid dienone is 4. The molecule has 2 heterocycles. The Morgan fingerprint density at radius 3 is 2.10 bits per heavy atom. The number of rotatable bonds is 8. The molecular weight excluding hydrogens is 536 g/mol. The highest BCUT2D eigenvalue weighted by molar-refractivity contribution is 5.97. The first kappa shape index (κ1) is 30.4. The van der Waals surface area contributed by atoms with E-state index >= 15 is 0 Å². The number of phenolic OH excluding ortho intramolecular Hbond substituents is 2. The summed E-state index contributed by atoms with van der Waals surface area (Å²) < 4.78 is 22.8. The summed E-state index contributed by atoms with van der Waals surface area (Å²) in [6.45, 7) is 6.85. The predicted octanol–water partition coefficient (Wildman–Crippen LogP) is 2.56. The monoisotopic (exact) mass is 572 g/mol.